The highest BCUT2D eigenvalue weighted by Crippen LogP contribution is 2.32. The number of hydrogen-bond donors (Lipinski definition) is 3. The summed E-state index contributed by atoms with van der Waals surface area (Å²) < 4.78 is 0. The van der Waals surface area contributed by atoms with Crippen molar-refractivity contribution in [3.8, 4) is 0 Å². The van der Waals surface area contributed by atoms with Crippen molar-refractivity contribution in [3.05, 3.63) is 29.8 Å². The summed E-state index contributed by atoms with van der Waals surface area (Å²) in [6.45, 7) is 2.16. The number of hydrogen-bond acceptors (Lipinski definition) is 3. The zero-order valence-corrected chi connectivity index (χ0v) is 11.4. The van der Waals surface area contributed by atoms with Gasteiger partial charge < -0.3 is 16.2 Å². The molecule has 1 aromatic carbocycles. The zero-order chi connectivity index (χ0) is 13.9. The van der Waals surface area contributed by atoms with Crippen molar-refractivity contribution in [3.63, 3.8) is 0 Å². The second kappa shape index (κ2) is 5.61. The van der Waals surface area contributed by atoms with Crippen molar-refractivity contribution < 1.29 is 9.90 Å². The summed E-state index contributed by atoms with van der Waals surface area (Å²) in [5, 5.41) is 12.7. The van der Waals surface area contributed by atoms with Crippen LogP contribution in [0, 0.1) is 5.92 Å². The van der Waals surface area contributed by atoms with Crippen molar-refractivity contribution in [2.75, 3.05) is 12.3 Å². The molecule has 4 nitrogen and oxygen atoms in total. The minimum absolute atomic E-state index is 0.00193. The lowest BCUT2D eigenvalue weighted by atomic mass is 9.76. The molecule has 2 atom stereocenters. The molecule has 1 fully saturated rings. The minimum atomic E-state index is -0.462. The molecule has 19 heavy (non-hydrogen) atoms. The second-order valence-corrected chi connectivity index (χ2v) is 5.72. The fourth-order valence-corrected chi connectivity index (χ4v) is 2.90. The maximum atomic E-state index is 12.2. The van der Waals surface area contributed by atoms with E-state index in [9.17, 15) is 9.90 Å². The molecule has 104 valence electrons. The van der Waals surface area contributed by atoms with E-state index >= 15 is 0 Å². The molecule has 0 spiro atoms. The van der Waals surface area contributed by atoms with E-state index in [-0.39, 0.29) is 12.5 Å². The average molecular weight is 262 g/mol. The molecule has 1 aliphatic rings. The van der Waals surface area contributed by atoms with Gasteiger partial charge in [0.2, 0.25) is 0 Å². The first-order valence-electron chi connectivity index (χ1n) is 6.83. The van der Waals surface area contributed by atoms with E-state index in [1.807, 2.05) is 0 Å². The van der Waals surface area contributed by atoms with Crippen LogP contribution in [0.5, 0.6) is 0 Å². The summed E-state index contributed by atoms with van der Waals surface area (Å²) >= 11 is 0. The van der Waals surface area contributed by atoms with Crippen molar-refractivity contribution in [2.24, 2.45) is 5.92 Å². The smallest absolute Gasteiger partial charge is 0.251 e. The monoisotopic (exact) mass is 262 g/mol. The van der Waals surface area contributed by atoms with E-state index in [0.717, 1.165) is 19.3 Å². The molecule has 2 unspecified atom stereocenters. The number of aliphatic hydroxyl groups excluding tert-OH is 1. The van der Waals surface area contributed by atoms with Crippen LogP contribution in [0.2, 0.25) is 0 Å². The zero-order valence-electron chi connectivity index (χ0n) is 11.4. The summed E-state index contributed by atoms with van der Waals surface area (Å²) in [4.78, 5) is 12.2. The molecule has 0 aliphatic heterocycles. The first-order chi connectivity index (χ1) is 9.04. The van der Waals surface area contributed by atoms with Crippen LogP contribution >= 0.6 is 0 Å². The molecule has 4 N–H and O–H groups in total. The van der Waals surface area contributed by atoms with Gasteiger partial charge >= 0.3 is 0 Å². The Morgan fingerprint density at radius 1 is 1.47 bits per heavy atom. The van der Waals surface area contributed by atoms with Crippen LogP contribution < -0.4 is 11.1 Å². The van der Waals surface area contributed by atoms with Crippen LogP contribution in [0.4, 0.5) is 5.69 Å². The van der Waals surface area contributed by atoms with Crippen molar-refractivity contribution in [1.82, 2.24) is 5.32 Å². The number of carbonyl (C=O) groups excluding carboxylic acids is 1. The predicted molar refractivity (Wildman–Crippen MR) is 75.8 cm³/mol. The quantitative estimate of drug-likeness (QED) is 0.729. The lowest BCUT2D eigenvalue weighted by molar-refractivity contribution is 0.0697. The molecule has 0 saturated heterocycles. The largest absolute Gasteiger partial charge is 0.399 e. The first kappa shape index (κ1) is 13.9. The van der Waals surface area contributed by atoms with Crippen molar-refractivity contribution in [1.29, 1.82) is 0 Å². The van der Waals surface area contributed by atoms with Crippen LogP contribution in [0.15, 0.2) is 24.3 Å². The lowest BCUT2D eigenvalue weighted by Crippen LogP contribution is -2.53. The Bertz CT molecular complexity index is 444. The maximum absolute atomic E-state index is 12.2. The fourth-order valence-electron chi connectivity index (χ4n) is 2.90. The molecule has 0 bridgehead atoms. The van der Waals surface area contributed by atoms with Crippen LogP contribution in [-0.4, -0.2) is 23.2 Å². The molecule has 1 amide bonds. The first-order valence-corrected chi connectivity index (χ1v) is 6.83. The third-order valence-electron chi connectivity index (χ3n) is 3.95. The predicted octanol–water partition coefficient (Wildman–Crippen LogP) is 1.94. The Hall–Kier alpha value is -1.55. The van der Waals surface area contributed by atoms with Gasteiger partial charge in [0, 0.05) is 11.3 Å². The highest BCUT2D eigenvalue weighted by Gasteiger charge is 2.35. The topological polar surface area (TPSA) is 75.3 Å². The van der Waals surface area contributed by atoms with E-state index in [2.05, 4.69) is 12.2 Å². The standard InChI is InChI=1S/C15H22N2O2/c1-11-3-2-8-15(9-11,10-18)17-14(19)12-4-6-13(16)7-5-12/h4-7,11,18H,2-3,8-10,16H2,1H3,(H,17,19). The molecule has 0 radical (unpaired) electrons. The van der Waals surface area contributed by atoms with Crippen molar-refractivity contribution in [2.45, 2.75) is 38.1 Å². The number of nitrogens with one attached hydrogen (secondary N) is 1. The van der Waals surface area contributed by atoms with Gasteiger partial charge in [-0.05, 0) is 43.0 Å². The molecule has 1 aromatic rings. The van der Waals surface area contributed by atoms with E-state index in [1.54, 1.807) is 24.3 Å². The average Bonchev–Trinajstić information content (AvgIpc) is 2.39. The molecule has 0 heterocycles. The number of amides is 1. The summed E-state index contributed by atoms with van der Waals surface area (Å²) in [6.07, 6.45) is 3.89. The molecule has 1 aliphatic carbocycles. The summed E-state index contributed by atoms with van der Waals surface area (Å²) in [6, 6.07) is 6.85. The second-order valence-electron chi connectivity index (χ2n) is 5.72. The van der Waals surface area contributed by atoms with Crippen LogP contribution in [0.1, 0.15) is 43.0 Å². The van der Waals surface area contributed by atoms with Gasteiger partial charge in [0.1, 0.15) is 0 Å². The molecule has 4 heteroatoms. The van der Waals surface area contributed by atoms with Gasteiger partial charge in [-0.3, -0.25) is 4.79 Å². The van der Waals surface area contributed by atoms with Gasteiger partial charge in [-0.25, -0.2) is 0 Å². The number of benzene rings is 1. The third kappa shape index (κ3) is 3.26. The van der Waals surface area contributed by atoms with Gasteiger partial charge in [0.25, 0.3) is 5.91 Å². The summed E-state index contributed by atoms with van der Waals surface area (Å²) in [5.41, 5.74) is 6.37. The van der Waals surface area contributed by atoms with E-state index in [4.69, 9.17) is 5.73 Å². The SMILES string of the molecule is CC1CCCC(CO)(NC(=O)c2ccc(N)cc2)C1. The number of carbonyl (C=O) groups is 1. The lowest BCUT2D eigenvalue weighted by Gasteiger charge is -2.39. The molecular weight excluding hydrogens is 240 g/mol. The molecule has 0 aromatic heterocycles. The number of nitrogen functional groups attached to an aromatic ring is 1. The summed E-state index contributed by atoms with van der Waals surface area (Å²) in [5.74, 6) is 0.399. The molecule has 1 saturated carbocycles. The van der Waals surface area contributed by atoms with Crippen molar-refractivity contribution >= 4 is 11.6 Å². The normalized spacial score (nSPS) is 26.9. The number of nitrogens with two attached hydrogens (primary N) is 1. The van der Waals surface area contributed by atoms with Crippen LogP contribution in [0.3, 0.4) is 0 Å². The van der Waals surface area contributed by atoms with E-state index in [1.165, 1.54) is 6.42 Å². The maximum Gasteiger partial charge on any atom is 0.251 e. The number of aliphatic hydroxyl groups is 1. The Balaban J connectivity index is 2.09. The van der Waals surface area contributed by atoms with Crippen LogP contribution in [-0.2, 0) is 0 Å². The van der Waals surface area contributed by atoms with Gasteiger partial charge in [-0.1, -0.05) is 19.8 Å². The Morgan fingerprint density at radius 2 is 2.16 bits per heavy atom. The Labute approximate surface area is 114 Å². The molecule has 2 rings (SSSR count). The Kier molecular flexibility index (Phi) is 4.10. The van der Waals surface area contributed by atoms with Gasteiger partial charge in [0.05, 0.1) is 12.1 Å². The highest BCUT2D eigenvalue weighted by atomic mass is 16.3. The van der Waals surface area contributed by atoms with Gasteiger partial charge in [0.15, 0.2) is 0 Å². The third-order valence-corrected chi connectivity index (χ3v) is 3.95. The Morgan fingerprint density at radius 3 is 2.74 bits per heavy atom. The summed E-state index contributed by atoms with van der Waals surface area (Å²) in [7, 11) is 0. The minimum Gasteiger partial charge on any atom is -0.399 e. The fraction of sp³-hybridized carbons (Fsp3) is 0.533. The van der Waals surface area contributed by atoms with Gasteiger partial charge in [-0.15, -0.1) is 0 Å². The number of rotatable bonds is 3. The molecular formula is C15H22N2O2. The van der Waals surface area contributed by atoms with E-state index in [0.29, 0.717) is 17.2 Å². The highest BCUT2D eigenvalue weighted by molar-refractivity contribution is 5.95. The van der Waals surface area contributed by atoms with Gasteiger partial charge in [-0.2, -0.15) is 0 Å². The van der Waals surface area contributed by atoms with Crippen LogP contribution in [0.25, 0.3) is 0 Å². The number of anilines is 1. The van der Waals surface area contributed by atoms with E-state index < -0.39 is 5.54 Å².